The molecule has 131 heavy (non-hydrogen) atoms. The molecule has 0 spiro atoms. The Morgan fingerprint density at radius 2 is 0.687 bits per heavy atom. The third-order valence-electron chi connectivity index (χ3n) is 21.1. The highest BCUT2D eigenvalue weighted by Gasteiger charge is 2.49. The molecule has 1 unspecified atom stereocenters. The lowest BCUT2D eigenvalue weighted by molar-refractivity contribution is -0.144. The molecular formula is C86H66F31N3O11. The average Bonchev–Trinajstić information content (AvgIpc) is 1.63. The van der Waals surface area contributed by atoms with Gasteiger partial charge in [0.25, 0.3) is 6.43 Å². The molecule has 3 aliphatic heterocycles. The first-order valence-corrected chi connectivity index (χ1v) is 37.8. The number of alkyl halides is 29. The Morgan fingerprint density at radius 1 is 0.359 bits per heavy atom. The zero-order chi connectivity index (χ0) is 98.1. The number of halogens is 31. The summed E-state index contributed by atoms with van der Waals surface area (Å²) >= 11 is 0. The van der Waals surface area contributed by atoms with E-state index in [9.17, 15) is 166 Å². The monoisotopic (exact) mass is 1910 g/mol. The fourth-order valence-electron chi connectivity index (χ4n) is 14.5. The molecule has 3 aliphatic rings. The van der Waals surface area contributed by atoms with Gasteiger partial charge in [0.05, 0.1) is 96.0 Å². The third-order valence-corrected chi connectivity index (χ3v) is 21.1. The normalized spacial score (nSPS) is 17.3. The molecule has 5 atom stereocenters. The molecule has 0 saturated carbocycles. The quantitative estimate of drug-likeness (QED) is 0.0451. The lowest BCUT2D eigenvalue weighted by Crippen LogP contribution is -2.32. The molecule has 9 aromatic carbocycles. The molecular weight excluding hydrogens is 1840 g/mol. The Kier molecular flexibility index (Phi) is 28.3. The van der Waals surface area contributed by atoms with Crippen molar-refractivity contribution in [2.24, 2.45) is 0 Å². The van der Waals surface area contributed by atoms with Crippen LogP contribution in [-0.2, 0) is 89.4 Å². The molecule has 12 rings (SSSR count). The van der Waals surface area contributed by atoms with Gasteiger partial charge >= 0.3 is 73.9 Å². The highest BCUT2D eigenvalue weighted by molar-refractivity contribution is 5.81. The van der Waals surface area contributed by atoms with Crippen LogP contribution in [0.1, 0.15) is 178 Å². The van der Waals surface area contributed by atoms with Crippen molar-refractivity contribution >= 4 is 18.3 Å². The molecule has 14 nitrogen and oxygen atoms in total. The molecule has 3 saturated heterocycles. The van der Waals surface area contributed by atoms with Gasteiger partial charge in [0.1, 0.15) is 24.1 Å². The summed E-state index contributed by atoms with van der Waals surface area (Å²) in [5.74, 6) is -6.73. The van der Waals surface area contributed by atoms with Gasteiger partial charge in [0.15, 0.2) is 34.6 Å². The standard InChI is InChI=1S/C30H25F10NO4.C29H23F10NO4.C27H18F11NO3/c1-13(2)21-11-22(26(44-4)24(42)23(21)31)20-6-5-17(28(32,33)34)9-16(20)12-41-14(3)25(45-27(41)43)15-7-18(29(35,36)37)10-19(8-15)30(38,39)40;1-12(2)20-10-21(23(41)24(42)22(20)30)19-5-4-16(27(31,32)33)8-15(19)11-40-13(3)25(44-26(40)43)14-6-17(28(34,35)36)9-18(7-14)29(37,38)39;1-41-21-5-2-13(23(28)29)9-20(21)19-4-3-16(25(30,31)32)8-15(19)11-39-12-22(42-24(39)40)14-6-17(26(33,34)35)10-18(7-14)27(36,37)38/h5-11,13-14,25,42H,12H2,1-4H3;4-10,12-13,25,41-42H,11H2,1-3H3;2-10,22-23H,11-12H2,1H3/t14-,25-;13-,25-;/m00./s1. The minimum atomic E-state index is -5.19. The van der Waals surface area contributed by atoms with E-state index in [0.29, 0.717) is 72.8 Å². The predicted octanol–water partition coefficient (Wildman–Crippen LogP) is 27.7. The van der Waals surface area contributed by atoms with Crippen LogP contribution in [0.3, 0.4) is 0 Å². The number of rotatable bonds is 17. The van der Waals surface area contributed by atoms with Crippen LogP contribution in [0.25, 0.3) is 33.4 Å². The number of cyclic esters (lactones) is 3. The molecule has 0 aliphatic carbocycles. The van der Waals surface area contributed by atoms with Crippen molar-refractivity contribution in [3.05, 3.63) is 251 Å². The number of ether oxygens (including phenoxy) is 5. The number of phenolic OH excluding ortho intramolecular Hbond substituents is 3. The van der Waals surface area contributed by atoms with Gasteiger partial charge in [-0.05, 0) is 208 Å². The van der Waals surface area contributed by atoms with Gasteiger partial charge in [-0.25, -0.2) is 31.9 Å². The molecule has 3 fully saturated rings. The van der Waals surface area contributed by atoms with Crippen molar-refractivity contribution in [3.63, 3.8) is 0 Å². The lowest BCUT2D eigenvalue weighted by atomic mass is 9.91. The summed E-state index contributed by atoms with van der Waals surface area (Å²) in [6.07, 6.45) is -57.3. The first-order valence-electron chi connectivity index (χ1n) is 37.8. The van der Waals surface area contributed by atoms with Gasteiger partial charge in [-0.15, -0.1) is 0 Å². The van der Waals surface area contributed by atoms with Crippen LogP contribution in [0.4, 0.5) is 150 Å². The SMILES string of the molecule is CC(C)c1cc(-c2ccc(C(F)(F)F)cc2CN2C(=O)O[C@H](c3cc(C(F)(F)F)cc(C(F)(F)F)c3)[C@@H]2C)c(O)c(O)c1F.COc1c(-c2ccc(C(F)(F)F)cc2CN2C(=O)O[C@H](c3cc(C(F)(F)F)cc(C(F)(F)F)c3)[C@@H]2C)cc(C(C)C)c(F)c1O.COc1ccc(C(F)F)cc1-c1ccc(C(F)(F)F)cc1CN1CC(c2cc(C(F)(F)F)cc(C(F)(F)F)c2)OC1=O. The topological polar surface area (TPSA) is 168 Å². The number of benzene rings is 9. The fraction of sp³-hybridized carbons (Fsp3) is 0.337. The van der Waals surface area contributed by atoms with Crippen LogP contribution in [0.2, 0.25) is 0 Å². The third kappa shape index (κ3) is 22.3. The predicted molar refractivity (Wildman–Crippen MR) is 399 cm³/mol. The first-order chi connectivity index (χ1) is 60.1. The van der Waals surface area contributed by atoms with E-state index in [1.165, 1.54) is 33.1 Å². The molecule has 9 aromatic rings. The van der Waals surface area contributed by atoms with Crippen LogP contribution in [0.15, 0.2) is 140 Å². The molecule has 3 N–H and O–H groups in total. The first kappa shape index (κ1) is 101. The lowest BCUT2D eigenvalue weighted by Gasteiger charge is -2.25. The minimum absolute atomic E-state index is 0.00549. The Labute approximate surface area is 719 Å². The van der Waals surface area contributed by atoms with Crippen molar-refractivity contribution in [1.29, 1.82) is 0 Å². The second-order valence-corrected chi connectivity index (χ2v) is 30.5. The molecule has 3 amide bonds. The minimum Gasteiger partial charge on any atom is -0.504 e. The van der Waals surface area contributed by atoms with Gasteiger partial charge in [0, 0.05) is 28.8 Å². The zero-order valence-electron chi connectivity index (χ0n) is 67.9. The number of hydrogen-bond donors (Lipinski definition) is 3. The van der Waals surface area contributed by atoms with Crippen LogP contribution < -0.4 is 9.47 Å². The summed E-state index contributed by atoms with van der Waals surface area (Å²) in [4.78, 5) is 40.9. The van der Waals surface area contributed by atoms with Crippen molar-refractivity contribution in [2.75, 3.05) is 20.8 Å². The largest absolute Gasteiger partial charge is 0.504 e. The maximum Gasteiger partial charge on any atom is 0.416 e. The average molecular weight is 1910 g/mol. The van der Waals surface area contributed by atoms with Gasteiger partial charge < -0.3 is 39.0 Å². The Bertz CT molecular complexity index is 5700. The van der Waals surface area contributed by atoms with E-state index in [2.05, 4.69) is 0 Å². The number of nitrogens with zero attached hydrogens (tertiary/aromatic N) is 3. The maximum absolute atomic E-state index is 14.9. The number of carbonyl (C=O) groups excluding carboxylic acids is 3. The van der Waals surface area contributed by atoms with Crippen LogP contribution in [0, 0.1) is 11.6 Å². The van der Waals surface area contributed by atoms with E-state index in [4.69, 9.17) is 23.7 Å². The van der Waals surface area contributed by atoms with Gasteiger partial charge in [-0.3, -0.25) is 14.7 Å². The van der Waals surface area contributed by atoms with Crippen LogP contribution in [-0.4, -0.2) is 81.1 Å². The zero-order valence-corrected chi connectivity index (χ0v) is 67.9. The molecule has 0 aromatic heterocycles. The van der Waals surface area contributed by atoms with Crippen molar-refractivity contribution in [3.8, 4) is 62.1 Å². The summed E-state index contributed by atoms with van der Waals surface area (Å²) in [5, 5.41) is 31.2. The molecule has 0 radical (unpaired) electrons. The molecule has 45 heteroatoms. The van der Waals surface area contributed by atoms with Gasteiger partial charge in [-0.2, -0.15) is 119 Å². The maximum atomic E-state index is 14.9. The number of methoxy groups -OCH3 is 2. The Hall–Kier alpha value is -12.4. The molecule has 0 bridgehead atoms. The van der Waals surface area contributed by atoms with E-state index in [0.717, 1.165) is 58.2 Å². The highest BCUT2D eigenvalue weighted by atomic mass is 19.4. The molecule has 3 heterocycles. The van der Waals surface area contributed by atoms with E-state index >= 15 is 0 Å². The second kappa shape index (κ2) is 36.8. The summed E-state index contributed by atoms with van der Waals surface area (Å²) in [6.45, 7) is 6.08. The highest BCUT2D eigenvalue weighted by Crippen LogP contribution is 2.52. The summed E-state index contributed by atoms with van der Waals surface area (Å²) in [6, 6.07) is 12.0. The smallest absolute Gasteiger partial charge is 0.416 e. The van der Waals surface area contributed by atoms with E-state index in [-0.39, 0.29) is 85.1 Å². The molecule has 708 valence electrons. The van der Waals surface area contributed by atoms with E-state index in [1.807, 2.05) is 0 Å². The fourth-order valence-corrected chi connectivity index (χ4v) is 14.5. The van der Waals surface area contributed by atoms with Crippen molar-refractivity contribution < 1.29 is 189 Å². The van der Waals surface area contributed by atoms with Crippen molar-refractivity contribution in [2.45, 2.75) is 165 Å². The van der Waals surface area contributed by atoms with Gasteiger partial charge in [0.2, 0.25) is 0 Å². The Morgan fingerprint density at radius 3 is 1.02 bits per heavy atom. The number of hydrogen-bond acceptors (Lipinski definition) is 11. The number of phenols is 3. The summed E-state index contributed by atoms with van der Waals surface area (Å²) < 4.78 is 446. The summed E-state index contributed by atoms with van der Waals surface area (Å²) in [5.41, 5.74) is -17.3. The van der Waals surface area contributed by atoms with Crippen molar-refractivity contribution in [1.82, 2.24) is 14.7 Å². The van der Waals surface area contributed by atoms with Crippen LogP contribution >= 0.6 is 0 Å². The van der Waals surface area contributed by atoms with Gasteiger partial charge in [-0.1, -0.05) is 45.9 Å². The van der Waals surface area contributed by atoms with E-state index < -0.39 is 256 Å². The second-order valence-electron chi connectivity index (χ2n) is 30.5. The number of aromatic hydroxyl groups is 3. The number of amides is 3. The number of carbonyl (C=O) groups is 3. The summed E-state index contributed by atoms with van der Waals surface area (Å²) in [7, 11) is 2.28. The van der Waals surface area contributed by atoms with E-state index in [1.54, 1.807) is 27.7 Å². The van der Waals surface area contributed by atoms with Crippen LogP contribution in [0.5, 0.6) is 28.7 Å². The Balaban J connectivity index is 0.000000204.